The molecule has 0 saturated carbocycles. The van der Waals surface area contributed by atoms with Crippen LogP contribution in [0.25, 0.3) is 0 Å². The number of aryl methyl sites for hydroxylation is 1. The molecule has 0 spiro atoms. The number of rotatable bonds is 1. The highest BCUT2D eigenvalue weighted by molar-refractivity contribution is 7.05. The SMILES string of the molecule is Cc1snnc1NC(N)=O. The van der Waals surface area contributed by atoms with E-state index in [-0.39, 0.29) is 0 Å². The van der Waals surface area contributed by atoms with E-state index in [1.165, 1.54) is 11.5 Å². The van der Waals surface area contributed by atoms with Crippen LogP contribution < -0.4 is 11.1 Å². The van der Waals surface area contributed by atoms with Crippen LogP contribution in [0.2, 0.25) is 0 Å². The molecule has 0 aliphatic rings. The van der Waals surface area contributed by atoms with Gasteiger partial charge in [0.05, 0.1) is 4.88 Å². The number of amides is 2. The van der Waals surface area contributed by atoms with Gasteiger partial charge in [-0.2, -0.15) is 0 Å². The minimum absolute atomic E-state index is 0.442. The zero-order valence-electron chi connectivity index (χ0n) is 5.29. The smallest absolute Gasteiger partial charge is 0.317 e. The molecule has 10 heavy (non-hydrogen) atoms. The van der Waals surface area contributed by atoms with Gasteiger partial charge in [0.15, 0.2) is 5.82 Å². The standard InChI is InChI=1S/C4H6N4OS/c1-2-3(6-4(5)9)7-8-10-2/h1H3,(H3,5,6,9). The number of hydrogen-bond acceptors (Lipinski definition) is 4. The average Bonchev–Trinajstić information content (AvgIpc) is 2.15. The highest BCUT2D eigenvalue weighted by Crippen LogP contribution is 2.12. The third-order valence-corrected chi connectivity index (χ3v) is 1.52. The quantitative estimate of drug-likeness (QED) is 0.618. The Morgan fingerprint density at radius 2 is 2.50 bits per heavy atom. The highest BCUT2D eigenvalue weighted by atomic mass is 32.1. The molecular weight excluding hydrogens is 152 g/mol. The summed E-state index contributed by atoms with van der Waals surface area (Å²) in [6.07, 6.45) is 0. The summed E-state index contributed by atoms with van der Waals surface area (Å²) in [5.41, 5.74) is 4.84. The number of nitrogens with zero attached hydrogens (tertiary/aromatic N) is 2. The molecule has 0 aliphatic heterocycles. The van der Waals surface area contributed by atoms with Crippen LogP contribution in [0.15, 0.2) is 0 Å². The molecule has 5 nitrogen and oxygen atoms in total. The summed E-state index contributed by atoms with van der Waals surface area (Å²) in [5.74, 6) is 0.442. The number of carbonyl (C=O) groups excluding carboxylic acids is 1. The molecule has 0 saturated heterocycles. The molecule has 1 heterocycles. The van der Waals surface area contributed by atoms with Gasteiger partial charge in [0.2, 0.25) is 0 Å². The van der Waals surface area contributed by atoms with E-state index in [1.807, 2.05) is 0 Å². The Morgan fingerprint density at radius 3 is 2.90 bits per heavy atom. The molecular formula is C4H6N4OS. The van der Waals surface area contributed by atoms with Crippen molar-refractivity contribution in [2.24, 2.45) is 5.73 Å². The number of nitrogens with two attached hydrogens (primary N) is 1. The van der Waals surface area contributed by atoms with E-state index in [1.54, 1.807) is 6.92 Å². The Balaban J connectivity index is 2.74. The summed E-state index contributed by atoms with van der Waals surface area (Å²) < 4.78 is 3.60. The summed E-state index contributed by atoms with van der Waals surface area (Å²) in [6.45, 7) is 1.80. The zero-order valence-corrected chi connectivity index (χ0v) is 6.10. The molecule has 0 radical (unpaired) electrons. The maximum absolute atomic E-state index is 10.3. The van der Waals surface area contributed by atoms with Gasteiger partial charge in [-0.05, 0) is 18.5 Å². The van der Waals surface area contributed by atoms with Gasteiger partial charge in [0, 0.05) is 0 Å². The number of urea groups is 1. The first-order chi connectivity index (χ1) is 4.70. The van der Waals surface area contributed by atoms with Gasteiger partial charge in [-0.1, -0.05) is 4.49 Å². The maximum atomic E-state index is 10.3. The monoisotopic (exact) mass is 158 g/mol. The predicted molar refractivity (Wildman–Crippen MR) is 37.9 cm³/mol. The molecule has 1 aromatic heterocycles. The fourth-order valence-electron chi connectivity index (χ4n) is 0.466. The molecule has 0 aliphatic carbocycles. The van der Waals surface area contributed by atoms with E-state index in [0.717, 1.165) is 4.88 Å². The van der Waals surface area contributed by atoms with Crippen molar-refractivity contribution in [1.82, 2.24) is 9.59 Å². The third-order valence-electron chi connectivity index (χ3n) is 0.894. The molecule has 1 rings (SSSR count). The summed E-state index contributed by atoms with van der Waals surface area (Å²) in [6, 6.07) is -0.615. The van der Waals surface area contributed by atoms with Crippen molar-refractivity contribution in [3.8, 4) is 0 Å². The van der Waals surface area contributed by atoms with E-state index in [4.69, 9.17) is 5.73 Å². The highest BCUT2D eigenvalue weighted by Gasteiger charge is 2.02. The second kappa shape index (κ2) is 2.61. The second-order valence-electron chi connectivity index (χ2n) is 1.67. The van der Waals surface area contributed by atoms with Gasteiger partial charge in [0.25, 0.3) is 0 Å². The Bertz CT molecular complexity index is 245. The molecule has 0 aromatic carbocycles. The van der Waals surface area contributed by atoms with E-state index in [0.29, 0.717) is 5.82 Å². The predicted octanol–water partition coefficient (Wildman–Crippen LogP) is 0.337. The van der Waals surface area contributed by atoms with Crippen LogP contribution in [0.1, 0.15) is 4.88 Å². The van der Waals surface area contributed by atoms with Gasteiger partial charge >= 0.3 is 6.03 Å². The number of nitrogens with one attached hydrogen (secondary N) is 1. The second-order valence-corrected chi connectivity index (χ2v) is 2.63. The largest absolute Gasteiger partial charge is 0.351 e. The van der Waals surface area contributed by atoms with Crippen LogP contribution in [-0.4, -0.2) is 15.6 Å². The van der Waals surface area contributed by atoms with Gasteiger partial charge < -0.3 is 5.73 Å². The van der Waals surface area contributed by atoms with E-state index in [9.17, 15) is 4.79 Å². The Labute approximate surface area is 61.4 Å². The number of aromatic nitrogens is 2. The molecule has 0 fully saturated rings. The topological polar surface area (TPSA) is 80.9 Å². The molecule has 2 amide bonds. The molecule has 6 heteroatoms. The lowest BCUT2D eigenvalue weighted by Crippen LogP contribution is -2.19. The summed E-state index contributed by atoms with van der Waals surface area (Å²) in [4.78, 5) is 11.1. The number of anilines is 1. The molecule has 54 valence electrons. The van der Waals surface area contributed by atoms with Gasteiger partial charge in [-0.15, -0.1) is 5.10 Å². The Hall–Kier alpha value is -1.17. The zero-order chi connectivity index (χ0) is 7.56. The Kier molecular flexibility index (Phi) is 1.81. The van der Waals surface area contributed by atoms with Crippen LogP contribution in [0.4, 0.5) is 10.6 Å². The van der Waals surface area contributed by atoms with Crippen molar-refractivity contribution in [2.45, 2.75) is 6.92 Å². The van der Waals surface area contributed by atoms with Crippen molar-refractivity contribution in [2.75, 3.05) is 5.32 Å². The summed E-state index contributed by atoms with van der Waals surface area (Å²) >= 11 is 1.21. The maximum Gasteiger partial charge on any atom is 0.317 e. The van der Waals surface area contributed by atoms with E-state index < -0.39 is 6.03 Å². The lowest BCUT2D eigenvalue weighted by atomic mass is 10.5. The molecule has 0 unspecified atom stereocenters. The molecule has 0 atom stereocenters. The van der Waals surface area contributed by atoms with Crippen molar-refractivity contribution in [1.29, 1.82) is 0 Å². The van der Waals surface area contributed by atoms with Crippen LogP contribution >= 0.6 is 11.5 Å². The molecule has 0 bridgehead atoms. The lowest BCUT2D eigenvalue weighted by Gasteiger charge is -1.93. The molecule has 3 N–H and O–H groups in total. The number of primary amides is 1. The van der Waals surface area contributed by atoms with Crippen LogP contribution in [-0.2, 0) is 0 Å². The van der Waals surface area contributed by atoms with Crippen LogP contribution in [0.5, 0.6) is 0 Å². The normalized spacial score (nSPS) is 9.30. The van der Waals surface area contributed by atoms with Crippen molar-refractivity contribution >= 4 is 23.4 Å². The van der Waals surface area contributed by atoms with Crippen molar-refractivity contribution in [3.05, 3.63) is 4.88 Å². The average molecular weight is 158 g/mol. The third kappa shape index (κ3) is 1.41. The fourth-order valence-corrected chi connectivity index (χ4v) is 0.889. The lowest BCUT2D eigenvalue weighted by molar-refractivity contribution is 0.259. The molecule has 1 aromatic rings. The minimum Gasteiger partial charge on any atom is -0.351 e. The first-order valence-electron chi connectivity index (χ1n) is 2.55. The van der Waals surface area contributed by atoms with Crippen LogP contribution in [0, 0.1) is 6.92 Å². The van der Waals surface area contributed by atoms with Gasteiger partial charge in [-0.3, -0.25) is 5.32 Å². The van der Waals surface area contributed by atoms with Crippen molar-refractivity contribution in [3.63, 3.8) is 0 Å². The van der Waals surface area contributed by atoms with E-state index >= 15 is 0 Å². The first kappa shape index (κ1) is 6.94. The Morgan fingerprint density at radius 1 is 1.80 bits per heavy atom. The van der Waals surface area contributed by atoms with Gasteiger partial charge in [0.1, 0.15) is 0 Å². The van der Waals surface area contributed by atoms with E-state index in [2.05, 4.69) is 14.9 Å². The van der Waals surface area contributed by atoms with Gasteiger partial charge in [-0.25, -0.2) is 4.79 Å². The van der Waals surface area contributed by atoms with Crippen LogP contribution in [0.3, 0.4) is 0 Å². The first-order valence-corrected chi connectivity index (χ1v) is 3.33. The number of carbonyl (C=O) groups is 1. The summed E-state index contributed by atoms with van der Waals surface area (Å²) in [7, 11) is 0. The summed E-state index contributed by atoms with van der Waals surface area (Å²) in [5, 5.41) is 5.94. The van der Waals surface area contributed by atoms with Crippen molar-refractivity contribution < 1.29 is 4.79 Å². The fraction of sp³-hybridized carbons (Fsp3) is 0.250. The number of hydrogen-bond donors (Lipinski definition) is 2. The minimum atomic E-state index is -0.615.